The molecule has 0 spiro atoms. The Morgan fingerprint density at radius 2 is 1.96 bits per heavy atom. The molecule has 2 aromatic carbocycles. The van der Waals surface area contributed by atoms with Gasteiger partial charge in [-0.15, -0.1) is 0 Å². The van der Waals surface area contributed by atoms with E-state index in [1.165, 1.54) is 12.1 Å². The SMILES string of the molecule is Cc1cc(N)c2c(OCC(C)(C)NC(=O)c3cccc(O)c3)cccc2n1. The smallest absolute Gasteiger partial charge is 0.251 e. The number of pyridine rings is 1. The number of nitrogens with one attached hydrogen (secondary N) is 1. The summed E-state index contributed by atoms with van der Waals surface area (Å²) < 4.78 is 5.98. The van der Waals surface area contributed by atoms with Gasteiger partial charge >= 0.3 is 0 Å². The second-order valence-electron chi connectivity index (χ2n) is 7.18. The van der Waals surface area contributed by atoms with Crippen LogP contribution in [0.25, 0.3) is 10.9 Å². The maximum atomic E-state index is 12.4. The number of carbonyl (C=O) groups is 1. The molecule has 4 N–H and O–H groups in total. The summed E-state index contributed by atoms with van der Waals surface area (Å²) in [4.78, 5) is 16.9. The van der Waals surface area contributed by atoms with Crippen LogP contribution in [0.4, 0.5) is 5.69 Å². The van der Waals surface area contributed by atoms with E-state index in [4.69, 9.17) is 10.5 Å². The van der Waals surface area contributed by atoms with Crippen molar-refractivity contribution in [1.29, 1.82) is 0 Å². The molecule has 1 aromatic heterocycles. The molecule has 0 radical (unpaired) electrons. The molecule has 0 saturated heterocycles. The average Bonchev–Trinajstić information content (AvgIpc) is 2.59. The number of ether oxygens (including phenoxy) is 1. The standard InChI is InChI=1S/C21H23N3O3/c1-13-10-16(22)19-17(23-13)8-5-9-18(19)27-12-21(2,3)24-20(26)14-6-4-7-15(25)11-14/h4-11,25H,12H2,1-3H3,(H2,22,23)(H,24,26). The van der Waals surface area contributed by atoms with Crippen molar-refractivity contribution in [2.75, 3.05) is 12.3 Å². The summed E-state index contributed by atoms with van der Waals surface area (Å²) in [5, 5.41) is 13.2. The van der Waals surface area contributed by atoms with Crippen molar-refractivity contribution < 1.29 is 14.6 Å². The summed E-state index contributed by atoms with van der Waals surface area (Å²) in [5.41, 5.74) is 8.12. The molecule has 0 aliphatic heterocycles. The number of benzene rings is 2. The lowest BCUT2D eigenvalue weighted by Gasteiger charge is -2.27. The van der Waals surface area contributed by atoms with Gasteiger partial charge in [-0.1, -0.05) is 12.1 Å². The lowest BCUT2D eigenvalue weighted by Crippen LogP contribution is -2.47. The molecule has 1 heterocycles. The van der Waals surface area contributed by atoms with E-state index >= 15 is 0 Å². The number of aryl methyl sites for hydroxylation is 1. The Morgan fingerprint density at radius 1 is 1.22 bits per heavy atom. The van der Waals surface area contributed by atoms with Gasteiger partial charge in [0.25, 0.3) is 5.91 Å². The molecule has 27 heavy (non-hydrogen) atoms. The van der Waals surface area contributed by atoms with Crippen molar-refractivity contribution in [3.8, 4) is 11.5 Å². The van der Waals surface area contributed by atoms with Crippen LogP contribution in [0.15, 0.2) is 48.5 Å². The number of amides is 1. The number of fused-ring (bicyclic) bond motifs is 1. The minimum atomic E-state index is -0.641. The van der Waals surface area contributed by atoms with Crippen molar-refractivity contribution in [2.45, 2.75) is 26.3 Å². The number of nitrogens with two attached hydrogens (primary N) is 1. The van der Waals surface area contributed by atoms with Gasteiger partial charge in [-0.25, -0.2) is 0 Å². The highest BCUT2D eigenvalue weighted by Gasteiger charge is 2.23. The Balaban J connectivity index is 1.76. The highest BCUT2D eigenvalue weighted by atomic mass is 16.5. The fraction of sp³-hybridized carbons (Fsp3) is 0.238. The molecule has 0 saturated carbocycles. The highest BCUT2D eigenvalue weighted by Crippen LogP contribution is 2.30. The number of nitrogen functional groups attached to an aromatic ring is 1. The quantitative estimate of drug-likeness (QED) is 0.644. The number of hydrogen-bond acceptors (Lipinski definition) is 5. The summed E-state index contributed by atoms with van der Waals surface area (Å²) in [6.07, 6.45) is 0. The zero-order valence-corrected chi connectivity index (χ0v) is 15.6. The predicted octanol–water partition coefficient (Wildman–Crippen LogP) is 3.42. The lowest BCUT2D eigenvalue weighted by atomic mass is 10.1. The third-order valence-electron chi connectivity index (χ3n) is 4.10. The van der Waals surface area contributed by atoms with Crippen LogP contribution >= 0.6 is 0 Å². The Kier molecular flexibility index (Phi) is 4.90. The Labute approximate surface area is 158 Å². The Hall–Kier alpha value is -3.28. The number of aromatic nitrogens is 1. The fourth-order valence-corrected chi connectivity index (χ4v) is 2.86. The van der Waals surface area contributed by atoms with Crippen molar-refractivity contribution >= 4 is 22.5 Å². The minimum absolute atomic E-state index is 0.0470. The highest BCUT2D eigenvalue weighted by molar-refractivity contribution is 5.96. The van der Waals surface area contributed by atoms with E-state index in [1.807, 2.05) is 45.0 Å². The first-order valence-electron chi connectivity index (χ1n) is 8.65. The largest absolute Gasteiger partial charge is 0.508 e. The number of rotatable bonds is 5. The molecular formula is C21H23N3O3. The third kappa shape index (κ3) is 4.28. The average molecular weight is 365 g/mol. The van der Waals surface area contributed by atoms with E-state index in [0.717, 1.165) is 16.6 Å². The van der Waals surface area contributed by atoms with Crippen molar-refractivity contribution in [1.82, 2.24) is 10.3 Å². The molecule has 0 unspecified atom stereocenters. The van der Waals surface area contributed by atoms with Crippen LogP contribution in [-0.4, -0.2) is 28.1 Å². The van der Waals surface area contributed by atoms with E-state index in [-0.39, 0.29) is 18.3 Å². The van der Waals surface area contributed by atoms with Crippen LogP contribution in [0.1, 0.15) is 29.9 Å². The van der Waals surface area contributed by atoms with Gasteiger partial charge in [0.15, 0.2) is 0 Å². The normalized spacial score (nSPS) is 11.4. The molecule has 3 aromatic rings. The zero-order chi connectivity index (χ0) is 19.6. The van der Waals surface area contributed by atoms with E-state index < -0.39 is 5.54 Å². The second kappa shape index (κ2) is 7.15. The summed E-state index contributed by atoms with van der Waals surface area (Å²) in [7, 11) is 0. The van der Waals surface area contributed by atoms with E-state index in [9.17, 15) is 9.90 Å². The molecule has 0 atom stereocenters. The van der Waals surface area contributed by atoms with Crippen LogP contribution in [0, 0.1) is 6.92 Å². The van der Waals surface area contributed by atoms with Gasteiger partial charge in [-0.05, 0) is 57.2 Å². The molecule has 0 fully saturated rings. The van der Waals surface area contributed by atoms with Crippen LogP contribution in [-0.2, 0) is 0 Å². The summed E-state index contributed by atoms with van der Waals surface area (Å²) >= 11 is 0. The molecule has 0 aliphatic rings. The molecular weight excluding hydrogens is 342 g/mol. The maximum Gasteiger partial charge on any atom is 0.251 e. The topological polar surface area (TPSA) is 97.5 Å². The van der Waals surface area contributed by atoms with Gasteiger partial charge in [-0.2, -0.15) is 0 Å². The molecule has 0 bridgehead atoms. The molecule has 6 nitrogen and oxygen atoms in total. The van der Waals surface area contributed by atoms with E-state index in [0.29, 0.717) is 17.0 Å². The number of carbonyl (C=O) groups excluding carboxylic acids is 1. The number of aromatic hydroxyl groups is 1. The first-order chi connectivity index (χ1) is 12.7. The molecule has 140 valence electrons. The Morgan fingerprint density at radius 3 is 2.70 bits per heavy atom. The molecule has 1 amide bonds. The molecule has 3 rings (SSSR count). The maximum absolute atomic E-state index is 12.4. The van der Waals surface area contributed by atoms with Gasteiger partial charge in [0.1, 0.15) is 18.1 Å². The number of anilines is 1. The second-order valence-corrected chi connectivity index (χ2v) is 7.18. The number of hydrogen-bond donors (Lipinski definition) is 3. The van der Waals surface area contributed by atoms with Crippen molar-refractivity contribution in [3.63, 3.8) is 0 Å². The van der Waals surface area contributed by atoms with E-state index in [2.05, 4.69) is 10.3 Å². The van der Waals surface area contributed by atoms with Crippen LogP contribution in [0.5, 0.6) is 11.5 Å². The van der Waals surface area contributed by atoms with Crippen molar-refractivity contribution in [2.24, 2.45) is 0 Å². The molecule has 6 heteroatoms. The van der Waals surface area contributed by atoms with Gasteiger partial charge < -0.3 is 20.9 Å². The van der Waals surface area contributed by atoms with Gasteiger partial charge in [-0.3, -0.25) is 9.78 Å². The van der Waals surface area contributed by atoms with E-state index in [1.54, 1.807) is 12.1 Å². The first-order valence-corrected chi connectivity index (χ1v) is 8.65. The van der Waals surface area contributed by atoms with Crippen molar-refractivity contribution in [3.05, 3.63) is 59.8 Å². The Bertz CT molecular complexity index is 999. The number of nitrogens with zero attached hydrogens (tertiary/aromatic N) is 1. The zero-order valence-electron chi connectivity index (χ0n) is 15.6. The van der Waals surface area contributed by atoms with Crippen LogP contribution < -0.4 is 15.8 Å². The number of phenols is 1. The summed E-state index contributed by atoms with van der Waals surface area (Å²) in [5.74, 6) is 0.386. The monoisotopic (exact) mass is 365 g/mol. The van der Waals surface area contributed by atoms with Crippen LogP contribution in [0.2, 0.25) is 0 Å². The first kappa shape index (κ1) is 18.5. The predicted molar refractivity (Wildman–Crippen MR) is 106 cm³/mol. The van der Waals surface area contributed by atoms with Gasteiger partial charge in [0.05, 0.1) is 16.4 Å². The third-order valence-corrected chi connectivity index (χ3v) is 4.10. The van der Waals surface area contributed by atoms with Gasteiger partial charge in [0, 0.05) is 16.9 Å². The summed E-state index contributed by atoms with van der Waals surface area (Å²) in [6.45, 7) is 5.86. The lowest BCUT2D eigenvalue weighted by molar-refractivity contribution is 0.0881. The van der Waals surface area contributed by atoms with Crippen LogP contribution in [0.3, 0.4) is 0 Å². The fourth-order valence-electron chi connectivity index (χ4n) is 2.86. The molecule has 0 aliphatic carbocycles. The minimum Gasteiger partial charge on any atom is -0.508 e. The number of phenolic OH excluding ortho intramolecular Hbond substituents is 1. The summed E-state index contributed by atoms with van der Waals surface area (Å²) in [6, 6.07) is 13.6. The van der Waals surface area contributed by atoms with Gasteiger partial charge in [0.2, 0.25) is 0 Å².